The van der Waals surface area contributed by atoms with Crippen molar-refractivity contribution in [2.24, 2.45) is 0 Å². The van der Waals surface area contributed by atoms with Gasteiger partial charge in [-0.1, -0.05) is 63.3 Å². The molecule has 0 unspecified atom stereocenters. The lowest BCUT2D eigenvalue weighted by Crippen LogP contribution is -2.76. The SMILES string of the molecule is CCCCCC=CCC=CCCCCCCCC(=O)OC(F)(F)C(F)(F)C(F)(F)C(F)(F)C(F)(F)C(F)(F)C(F)(F)C(F)(F)C(F)(F)CF. The summed E-state index contributed by atoms with van der Waals surface area (Å²) in [6, 6.07) is 0. The number of carbonyl (C=O) groups excluding carboxylic acids is 1. The van der Waals surface area contributed by atoms with Gasteiger partial charge in [0.1, 0.15) is 0 Å². The van der Waals surface area contributed by atoms with Crippen molar-refractivity contribution < 1.29 is 92.9 Å². The zero-order valence-corrected chi connectivity index (χ0v) is 25.5. The molecule has 0 amide bonds. The van der Waals surface area contributed by atoms with E-state index in [-0.39, 0.29) is 6.42 Å². The van der Waals surface area contributed by atoms with Crippen LogP contribution < -0.4 is 0 Å². The van der Waals surface area contributed by atoms with Crippen LogP contribution in [0.1, 0.15) is 84.0 Å². The standard InChI is InChI=1S/C28H33F19O2/c1-2-3-4-5-6-7-8-9-10-11-12-13-14-15-16-17-19(48)49-28(46,47)27(44,45)26(42,43)25(40,41)24(38,39)23(36,37)22(34,35)21(32,33)20(30,31)18-29/h6-7,9-10H,2-5,8,11-18H2,1H3. The predicted octanol–water partition coefficient (Wildman–Crippen LogP) is 12.0. The topological polar surface area (TPSA) is 26.3 Å². The van der Waals surface area contributed by atoms with Crippen LogP contribution in [-0.2, 0) is 9.53 Å². The van der Waals surface area contributed by atoms with Gasteiger partial charge in [0.25, 0.3) is 0 Å². The van der Waals surface area contributed by atoms with Crippen LogP contribution in [0.15, 0.2) is 24.3 Å². The summed E-state index contributed by atoms with van der Waals surface area (Å²) in [5.74, 6) is -69.9. The van der Waals surface area contributed by atoms with Crippen molar-refractivity contribution in [1.29, 1.82) is 0 Å². The Balaban J connectivity index is 5.44. The van der Waals surface area contributed by atoms with Crippen molar-refractivity contribution in [3.63, 3.8) is 0 Å². The summed E-state index contributed by atoms with van der Waals surface area (Å²) in [5.41, 5.74) is 0. The number of carbonyl (C=O) groups is 1. The second kappa shape index (κ2) is 17.2. The van der Waals surface area contributed by atoms with Crippen molar-refractivity contribution in [2.75, 3.05) is 6.67 Å². The fraction of sp³-hybridized carbons (Fsp3) is 0.821. The van der Waals surface area contributed by atoms with Gasteiger partial charge in [-0.25, -0.2) is 4.39 Å². The molecule has 0 radical (unpaired) electrons. The van der Waals surface area contributed by atoms with E-state index in [0.29, 0.717) is 32.1 Å². The highest BCUT2D eigenvalue weighted by atomic mass is 19.4. The summed E-state index contributed by atoms with van der Waals surface area (Å²) in [7, 11) is 0. The summed E-state index contributed by atoms with van der Waals surface area (Å²) in [6.45, 7) is -1.98. The van der Waals surface area contributed by atoms with E-state index in [1.807, 2.05) is 24.3 Å². The van der Waals surface area contributed by atoms with E-state index in [2.05, 4.69) is 11.7 Å². The molecule has 0 aliphatic carbocycles. The Bertz CT molecular complexity index is 1080. The maximum Gasteiger partial charge on any atom is 0.473 e. The van der Waals surface area contributed by atoms with Crippen molar-refractivity contribution >= 4 is 5.97 Å². The first kappa shape index (κ1) is 46.6. The predicted molar refractivity (Wildman–Crippen MR) is 136 cm³/mol. The largest absolute Gasteiger partial charge is 0.473 e. The Morgan fingerprint density at radius 1 is 0.490 bits per heavy atom. The minimum absolute atomic E-state index is 0.00287. The fourth-order valence-corrected chi connectivity index (χ4v) is 3.82. The van der Waals surface area contributed by atoms with E-state index >= 15 is 0 Å². The Labute approximate surface area is 268 Å². The molecule has 0 aliphatic rings. The lowest BCUT2D eigenvalue weighted by Gasteiger charge is -2.43. The average Bonchev–Trinajstić information content (AvgIpc) is 2.97. The number of alkyl halides is 19. The minimum atomic E-state index is -8.98. The average molecular weight is 763 g/mol. The van der Waals surface area contributed by atoms with Crippen LogP contribution in [0.5, 0.6) is 0 Å². The summed E-state index contributed by atoms with van der Waals surface area (Å²) < 4.78 is 260. The Kier molecular flexibility index (Phi) is 16.4. The van der Waals surface area contributed by atoms with Gasteiger partial charge in [0.05, 0.1) is 0 Å². The third-order valence-corrected chi connectivity index (χ3v) is 6.93. The molecule has 0 spiro atoms. The van der Waals surface area contributed by atoms with Crippen LogP contribution in [0.4, 0.5) is 83.4 Å². The Hall–Kier alpha value is -2.38. The molecular weight excluding hydrogens is 729 g/mol. The van der Waals surface area contributed by atoms with E-state index in [9.17, 15) is 88.2 Å². The smallest absolute Gasteiger partial charge is 0.396 e. The number of halogens is 19. The number of hydrogen-bond acceptors (Lipinski definition) is 2. The first-order valence-electron chi connectivity index (χ1n) is 14.5. The maximum absolute atomic E-state index is 13.9. The van der Waals surface area contributed by atoms with Crippen LogP contribution in [0.25, 0.3) is 0 Å². The molecule has 0 saturated carbocycles. The highest BCUT2D eigenvalue weighted by molar-refractivity contribution is 5.69. The monoisotopic (exact) mass is 762 g/mol. The molecule has 49 heavy (non-hydrogen) atoms. The quantitative estimate of drug-likeness (QED) is 0.0424. The molecule has 0 heterocycles. The van der Waals surface area contributed by atoms with Gasteiger partial charge in [-0.15, -0.1) is 0 Å². The van der Waals surface area contributed by atoms with Gasteiger partial charge < -0.3 is 4.74 Å². The van der Waals surface area contributed by atoms with Crippen LogP contribution in [-0.4, -0.2) is 66.1 Å². The first-order valence-corrected chi connectivity index (χ1v) is 14.5. The zero-order chi connectivity index (χ0) is 38.8. The van der Waals surface area contributed by atoms with Crippen molar-refractivity contribution in [3.05, 3.63) is 24.3 Å². The molecule has 0 fully saturated rings. The van der Waals surface area contributed by atoms with E-state index in [4.69, 9.17) is 0 Å². The Morgan fingerprint density at radius 3 is 1.29 bits per heavy atom. The molecule has 2 nitrogen and oxygen atoms in total. The first-order chi connectivity index (χ1) is 22.0. The summed E-state index contributed by atoms with van der Waals surface area (Å²) >= 11 is 0. The fourth-order valence-electron chi connectivity index (χ4n) is 3.82. The lowest BCUT2D eigenvalue weighted by molar-refractivity contribution is -0.474. The lowest BCUT2D eigenvalue weighted by atomic mass is 9.87. The summed E-state index contributed by atoms with van der Waals surface area (Å²) in [4.78, 5) is 11.5. The van der Waals surface area contributed by atoms with Crippen LogP contribution in [0.2, 0.25) is 0 Å². The molecule has 0 N–H and O–H groups in total. The van der Waals surface area contributed by atoms with Crippen molar-refractivity contribution in [3.8, 4) is 0 Å². The van der Waals surface area contributed by atoms with Gasteiger partial charge in [0.15, 0.2) is 6.67 Å². The number of ether oxygens (including phenoxy) is 1. The van der Waals surface area contributed by atoms with Gasteiger partial charge >= 0.3 is 59.5 Å². The van der Waals surface area contributed by atoms with Crippen molar-refractivity contribution in [1.82, 2.24) is 0 Å². The molecule has 0 saturated heterocycles. The third-order valence-electron chi connectivity index (χ3n) is 6.93. The maximum atomic E-state index is 13.9. The van der Waals surface area contributed by atoms with Crippen molar-refractivity contribution in [2.45, 2.75) is 137 Å². The zero-order valence-electron chi connectivity index (χ0n) is 25.5. The number of esters is 1. The van der Waals surface area contributed by atoms with Gasteiger partial charge in [-0.2, -0.15) is 79.0 Å². The molecule has 0 aromatic rings. The number of rotatable bonds is 24. The number of hydrogen-bond donors (Lipinski definition) is 0. The molecule has 21 heteroatoms. The highest BCUT2D eigenvalue weighted by Crippen LogP contribution is 2.65. The van der Waals surface area contributed by atoms with Gasteiger partial charge in [0, 0.05) is 6.42 Å². The van der Waals surface area contributed by atoms with E-state index in [0.717, 1.165) is 25.7 Å². The minimum Gasteiger partial charge on any atom is -0.396 e. The highest BCUT2D eigenvalue weighted by Gasteiger charge is 2.97. The van der Waals surface area contributed by atoms with E-state index < -0.39 is 79.0 Å². The molecule has 0 rings (SSSR count). The van der Waals surface area contributed by atoms with Gasteiger partial charge in [0.2, 0.25) is 0 Å². The van der Waals surface area contributed by atoms with E-state index in [1.165, 1.54) is 0 Å². The number of unbranched alkanes of at least 4 members (excludes halogenated alkanes) is 8. The van der Waals surface area contributed by atoms with E-state index in [1.54, 1.807) is 0 Å². The molecule has 0 atom stereocenters. The van der Waals surface area contributed by atoms with Gasteiger partial charge in [-0.3, -0.25) is 4.79 Å². The molecule has 0 bridgehead atoms. The number of allylic oxidation sites excluding steroid dienone is 4. The molecule has 290 valence electrons. The third kappa shape index (κ3) is 9.70. The molecule has 0 aliphatic heterocycles. The van der Waals surface area contributed by atoms with Crippen LogP contribution >= 0.6 is 0 Å². The van der Waals surface area contributed by atoms with Crippen LogP contribution in [0, 0.1) is 0 Å². The van der Waals surface area contributed by atoms with Crippen LogP contribution in [0.3, 0.4) is 0 Å². The second-order valence-electron chi connectivity index (χ2n) is 10.8. The molecule has 0 aromatic carbocycles. The Morgan fingerprint density at radius 2 is 0.857 bits per heavy atom. The second-order valence-corrected chi connectivity index (χ2v) is 10.8. The van der Waals surface area contributed by atoms with Gasteiger partial charge in [-0.05, 0) is 38.5 Å². The normalized spacial score (nSPS) is 15.1. The summed E-state index contributed by atoms with van der Waals surface area (Å²) in [5, 5.41) is 0. The summed E-state index contributed by atoms with van der Waals surface area (Å²) in [6.07, 6.45) is 5.61. The molecule has 0 aromatic heterocycles. The molecular formula is C28H33F19O2.